The van der Waals surface area contributed by atoms with Crippen molar-refractivity contribution in [2.45, 2.75) is 17.3 Å². The summed E-state index contributed by atoms with van der Waals surface area (Å²) >= 11 is 6.06. The number of hydrogen-bond donors (Lipinski definition) is 0. The minimum absolute atomic E-state index is 0.0751. The van der Waals surface area contributed by atoms with E-state index in [1.165, 1.54) is 37.3 Å². The molecule has 14 heteroatoms. The Morgan fingerprint density at radius 1 is 1.09 bits per heavy atom. The quantitative estimate of drug-likeness (QED) is 0.351. The number of esters is 1. The van der Waals surface area contributed by atoms with E-state index >= 15 is 0 Å². The molecule has 0 aromatic heterocycles. The second kappa shape index (κ2) is 7.98. The minimum atomic E-state index is -6.29. The molecule has 0 spiro atoms. The van der Waals surface area contributed by atoms with Crippen molar-refractivity contribution < 1.29 is 43.7 Å². The maximum absolute atomic E-state index is 13.4. The second-order valence-electron chi connectivity index (χ2n) is 6.30. The van der Waals surface area contributed by atoms with Gasteiger partial charge in [-0.15, -0.1) is 0 Å². The fourth-order valence-electron chi connectivity index (χ4n) is 2.90. The van der Waals surface area contributed by atoms with E-state index in [4.69, 9.17) is 11.6 Å². The van der Waals surface area contributed by atoms with Gasteiger partial charge in [-0.3, -0.25) is 0 Å². The molecule has 0 atom stereocenters. The Kier molecular flexibility index (Phi) is 5.95. The van der Waals surface area contributed by atoms with Crippen molar-refractivity contribution in [3.63, 3.8) is 0 Å². The SMILES string of the molecule is COC(=O)C1=C(OS(=O)(=O)C(F)(F)F)c2ccccc2S(=O)(=O)N1c1cccc(Cl)c1C. The molecule has 0 unspecified atom stereocenters. The molecule has 0 radical (unpaired) electrons. The maximum Gasteiger partial charge on any atom is 0.534 e. The highest BCUT2D eigenvalue weighted by Gasteiger charge is 2.52. The summed E-state index contributed by atoms with van der Waals surface area (Å²) in [5.74, 6) is -2.63. The van der Waals surface area contributed by atoms with Crippen molar-refractivity contribution in [2.24, 2.45) is 0 Å². The highest BCUT2D eigenvalue weighted by atomic mass is 35.5. The molecule has 1 aliphatic rings. The highest BCUT2D eigenvalue weighted by Crippen LogP contribution is 2.44. The van der Waals surface area contributed by atoms with E-state index in [2.05, 4.69) is 8.92 Å². The van der Waals surface area contributed by atoms with Crippen LogP contribution in [0, 0.1) is 6.92 Å². The third-order valence-corrected chi connectivity index (χ3v) is 7.52. The number of halogens is 4. The normalized spacial score (nSPS) is 15.9. The van der Waals surface area contributed by atoms with Crippen molar-refractivity contribution in [1.82, 2.24) is 0 Å². The van der Waals surface area contributed by atoms with Gasteiger partial charge in [-0.2, -0.15) is 21.6 Å². The number of rotatable bonds is 4. The molecule has 1 aliphatic heterocycles. The summed E-state index contributed by atoms with van der Waals surface area (Å²) in [6.07, 6.45) is 0. The van der Waals surface area contributed by atoms with Gasteiger partial charge >= 0.3 is 21.6 Å². The molecule has 172 valence electrons. The van der Waals surface area contributed by atoms with Crippen molar-refractivity contribution in [3.05, 3.63) is 64.3 Å². The number of carbonyl (C=O) groups is 1. The van der Waals surface area contributed by atoms with E-state index in [1.807, 2.05) is 0 Å². The smallest absolute Gasteiger partial charge is 0.464 e. The van der Waals surface area contributed by atoms with Gasteiger partial charge in [0.25, 0.3) is 10.0 Å². The molecule has 0 N–H and O–H groups in total. The molecule has 32 heavy (non-hydrogen) atoms. The van der Waals surface area contributed by atoms with Crippen LogP contribution >= 0.6 is 11.6 Å². The van der Waals surface area contributed by atoms with Crippen LogP contribution in [-0.4, -0.2) is 35.4 Å². The first-order valence-corrected chi connectivity index (χ1v) is 11.7. The molecular weight excluding hydrogens is 499 g/mol. The van der Waals surface area contributed by atoms with Crippen LogP contribution in [0.15, 0.2) is 53.1 Å². The molecular formula is C18H13ClF3NO7S2. The number of fused-ring (bicyclic) bond motifs is 1. The highest BCUT2D eigenvalue weighted by molar-refractivity contribution is 7.93. The van der Waals surface area contributed by atoms with Crippen molar-refractivity contribution in [2.75, 3.05) is 11.4 Å². The number of carbonyl (C=O) groups excluding carboxylic acids is 1. The van der Waals surface area contributed by atoms with E-state index in [1.54, 1.807) is 0 Å². The molecule has 0 bridgehead atoms. The number of benzene rings is 2. The Morgan fingerprint density at radius 3 is 2.31 bits per heavy atom. The van der Waals surface area contributed by atoms with Crippen molar-refractivity contribution in [3.8, 4) is 0 Å². The zero-order valence-corrected chi connectivity index (χ0v) is 18.6. The standard InChI is InChI=1S/C18H13ClF3NO7S2/c1-10-12(19)7-5-8-13(10)23-15(17(24)29-2)16(30-32(27,28)18(20,21)22)11-6-3-4-9-14(11)31(23,25)26/h3-9H,1-2H3. The lowest BCUT2D eigenvalue weighted by atomic mass is 10.1. The molecule has 0 amide bonds. The number of ether oxygens (including phenoxy) is 1. The van der Waals surface area contributed by atoms with Crippen LogP contribution in [-0.2, 0) is 33.9 Å². The lowest BCUT2D eigenvalue weighted by Crippen LogP contribution is -2.40. The number of alkyl halides is 3. The van der Waals surface area contributed by atoms with Crippen molar-refractivity contribution >= 4 is 49.2 Å². The van der Waals surface area contributed by atoms with Crippen LogP contribution in [0.1, 0.15) is 11.1 Å². The lowest BCUT2D eigenvalue weighted by molar-refractivity contribution is -0.136. The monoisotopic (exact) mass is 511 g/mol. The number of nitrogens with zero attached hydrogens (tertiary/aromatic N) is 1. The van der Waals surface area contributed by atoms with E-state index in [-0.39, 0.29) is 16.3 Å². The van der Waals surface area contributed by atoms with Crippen LogP contribution in [0.25, 0.3) is 5.76 Å². The average Bonchev–Trinajstić information content (AvgIpc) is 2.71. The van der Waals surface area contributed by atoms with Gasteiger partial charge in [0.2, 0.25) is 0 Å². The summed E-state index contributed by atoms with van der Waals surface area (Å²) in [5.41, 5.74) is -7.61. The summed E-state index contributed by atoms with van der Waals surface area (Å²) in [7, 11) is -10.1. The molecule has 8 nitrogen and oxygen atoms in total. The fourth-order valence-corrected chi connectivity index (χ4v) is 5.29. The number of hydrogen-bond acceptors (Lipinski definition) is 7. The summed E-state index contributed by atoms with van der Waals surface area (Å²) in [6, 6.07) is 8.49. The average molecular weight is 512 g/mol. The van der Waals surface area contributed by atoms with E-state index in [0.717, 1.165) is 19.2 Å². The minimum Gasteiger partial charge on any atom is -0.464 e. The van der Waals surface area contributed by atoms with Crippen LogP contribution in [0.3, 0.4) is 0 Å². The Hall–Kier alpha value is -2.77. The Labute approximate surface area is 186 Å². The first kappa shape index (κ1) is 23.9. The predicted octanol–water partition coefficient (Wildman–Crippen LogP) is 3.57. The van der Waals surface area contributed by atoms with E-state index < -0.39 is 53.5 Å². The van der Waals surface area contributed by atoms with E-state index in [9.17, 15) is 34.8 Å². The van der Waals surface area contributed by atoms with Gasteiger partial charge in [-0.25, -0.2) is 17.5 Å². The molecule has 3 rings (SSSR count). The largest absolute Gasteiger partial charge is 0.534 e. The van der Waals surface area contributed by atoms with Gasteiger partial charge < -0.3 is 8.92 Å². The van der Waals surface area contributed by atoms with Gasteiger partial charge in [0.15, 0.2) is 11.5 Å². The van der Waals surface area contributed by atoms with Crippen LogP contribution < -0.4 is 4.31 Å². The van der Waals surface area contributed by atoms with Gasteiger partial charge in [0, 0.05) is 10.6 Å². The first-order valence-electron chi connectivity index (χ1n) is 8.47. The first-order chi connectivity index (χ1) is 14.7. The molecule has 1 heterocycles. The molecule has 0 fully saturated rings. The Morgan fingerprint density at radius 2 is 1.72 bits per heavy atom. The van der Waals surface area contributed by atoms with Crippen LogP contribution in [0.4, 0.5) is 18.9 Å². The van der Waals surface area contributed by atoms with Gasteiger partial charge in [-0.1, -0.05) is 29.8 Å². The molecule has 2 aromatic rings. The Bertz CT molecular complexity index is 1350. The van der Waals surface area contributed by atoms with Gasteiger partial charge in [0.05, 0.1) is 17.7 Å². The topological polar surface area (TPSA) is 107 Å². The summed E-state index contributed by atoms with van der Waals surface area (Å²) in [5, 5.41) is 0.0751. The summed E-state index contributed by atoms with van der Waals surface area (Å²) in [4.78, 5) is 12.0. The molecule has 2 aromatic carbocycles. The summed E-state index contributed by atoms with van der Waals surface area (Å²) < 4.78 is 98.8. The van der Waals surface area contributed by atoms with Crippen LogP contribution in [0.5, 0.6) is 0 Å². The zero-order chi connectivity index (χ0) is 24.1. The van der Waals surface area contributed by atoms with E-state index in [0.29, 0.717) is 4.31 Å². The molecule has 0 aliphatic carbocycles. The number of anilines is 1. The van der Waals surface area contributed by atoms with Gasteiger partial charge in [-0.05, 0) is 36.8 Å². The van der Waals surface area contributed by atoms with Crippen LogP contribution in [0.2, 0.25) is 5.02 Å². The number of methoxy groups -OCH3 is 1. The Balaban J connectivity index is 2.49. The lowest BCUT2D eigenvalue weighted by Gasteiger charge is -2.33. The third kappa shape index (κ3) is 3.80. The van der Waals surface area contributed by atoms with Crippen molar-refractivity contribution in [1.29, 1.82) is 0 Å². The molecule has 0 saturated heterocycles. The summed E-state index contributed by atoms with van der Waals surface area (Å²) in [6.45, 7) is 1.40. The third-order valence-electron chi connectivity index (χ3n) is 4.38. The second-order valence-corrected chi connectivity index (χ2v) is 10.0. The van der Waals surface area contributed by atoms with Gasteiger partial charge in [0.1, 0.15) is 0 Å². The fraction of sp³-hybridized carbons (Fsp3) is 0.167. The zero-order valence-electron chi connectivity index (χ0n) is 16.2. The maximum atomic E-state index is 13.4. The molecule has 0 saturated carbocycles. The predicted molar refractivity (Wildman–Crippen MR) is 107 cm³/mol. The number of sulfonamides is 1.